The Kier molecular flexibility index (Phi) is 2.26. The zero-order chi connectivity index (χ0) is 13.5. The minimum atomic E-state index is -0.509. The third kappa shape index (κ3) is 1.56. The van der Waals surface area contributed by atoms with E-state index in [1.807, 2.05) is 24.3 Å². The summed E-state index contributed by atoms with van der Waals surface area (Å²) in [4.78, 5) is 8.05. The summed E-state index contributed by atoms with van der Waals surface area (Å²) >= 11 is 0. The molecule has 0 atom stereocenters. The van der Waals surface area contributed by atoms with Gasteiger partial charge >= 0.3 is 0 Å². The van der Waals surface area contributed by atoms with Crippen LogP contribution in [0.2, 0.25) is 0 Å². The van der Waals surface area contributed by atoms with E-state index in [4.69, 9.17) is 0 Å². The molecule has 1 aromatic carbocycles. The molecule has 0 aliphatic carbocycles. The molecule has 96 valence electrons. The van der Waals surface area contributed by atoms with E-state index in [0.717, 1.165) is 16.6 Å². The van der Waals surface area contributed by atoms with Gasteiger partial charge in [-0.05, 0) is 24.3 Å². The summed E-state index contributed by atoms with van der Waals surface area (Å²) in [5.41, 5.74) is 2.69. The van der Waals surface area contributed by atoms with Crippen molar-refractivity contribution in [1.82, 2.24) is 19.6 Å². The maximum absolute atomic E-state index is 13.7. The first kappa shape index (κ1) is 11.0. The fourth-order valence-corrected chi connectivity index (χ4v) is 2.29. The zero-order valence-corrected chi connectivity index (χ0v) is 10.4. The van der Waals surface area contributed by atoms with Gasteiger partial charge in [-0.25, -0.2) is 14.5 Å². The van der Waals surface area contributed by atoms with E-state index < -0.39 is 5.95 Å². The lowest BCUT2D eigenvalue weighted by Gasteiger charge is -2.02. The number of nitrogens with zero attached hydrogens (tertiary/aromatic N) is 4. The van der Waals surface area contributed by atoms with E-state index in [2.05, 4.69) is 15.1 Å². The summed E-state index contributed by atoms with van der Waals surface area (Å²) in [7, 11) is 0. The number of rotatable bonds is 1. The van der Waals surface area contributed by atoms with Crippen molar-refractivity contribution in [3.05, 3.63) is 60.9 Å². The van der Waals surface area contributed by atoms with Crippen molar-refractivity contribution >= 4 is 16.6 Å². The molecule has 0 saturated carbocycles. The van der Waals surface area contributed by atoms with Gasteiger partial charge in [0.2, 0.25) is 5.95 Å². The Balaban J connectivity index is 2.00. The lowest BCUT2D eigenvalue weighted by atomic mass is 10.1. The van der Waals surface area contributed by atoms with Crippen molar-refractivity contribution in [1.29, 1.82) is 0 Å². The van der Waals surface area contributed by atoms with Gasteiger partial charge in [0.1, 0.15) is 0 Å². The normalized spacial score (nSPS) is 11.2. The average molecular weight is 264 g/mol. The molecule has 0 N–H and O–H groups in total. The molecule has 20 heavy (non-hydrogen) atoms. The topological polar surface area (TPSA) is 43.1 Å². The Morgan fingerprint density at radius 2 is 1.90 bits per heavy atom. The second kappa shape index (κ2) is 4.09. The van der Waals surface area contributed by atoms with E-state index in [0.29, 0.717) is 11.1 Å². The molecule has 4 rings (SSSR count). The largest absolute Gasteiger partial charge is 0.236 e. The fraction of sp³-hybridized carbons (Fsp3) is 0. The number of hydrogen-bond donors (Lipinski definition) is 0. The number of fused-ring (bicyclic) bond motifs is 3. The molecule has 3 aromatic heterocycles. The standard InChI is InChI=1S/C15H9FN4/c16-14-11(5-3-7-17-14)10-8-18-15-12-4-1-2-6-13(12)19-20(15)9-10/h1-9H. The van der Waals surface area contributed by atoms with Crippen LogP contribution < -0.4 is 0 Å². The molecule has 5 heteroatoms. The highest BCUT2D eigenvalue weighted by Crippen LogP contribution is 2.23. The lowest BCUT2D eigenvalue weighted by Crippen LogP contribution is -1.94. The highest BCUT2D eigenvalue weighted by atomic mass is 19.1. The van der Waals surface area contributed by atoms with Crippen LogP contribution in [0.15, 0.2) is 55.0 Å². The average Bonchev–Trinajstić information content (AvgIpc) is 2.85. The van der Waals surface area contributed by atoms with Crippen molar-refractivity contribution in [2.75, 3.05) is 0 Å². The van der Waals surface area contributed by atoms with Gasteiger partial charge in [0, 0.05) is 35.1 Å². The maximum Gasteiger partial charge on any atom is 0.220 e. The summed E-state index contributed by atoms with van der Waals surface area (Å²) < 4.78 is 15.4. The van der Waals surface area contributed by atoms with Crippen LogP contribution in [-0.4, -0.2) is 19.6 Å². The van der Waals surface area contributed by atoms with Crippen molar-refractivity contribution in [2.24, 2.45) is 0 Å². The summed E-state index contributed by atoms with van der Waals surface area (Å²) in [5, 5.41) is 5.42. The van der Waals surface area contributed by atoms with E-state index >= 15 is 0 Å². The number of pyridine rings is 1. The van der Waals surface area contributed by atoms with Crippen LogP contribution in [0.25, 0.3) is 27.7 Å². The smallest absolute Gasteiger partial charge is 0.220 e. The van der Waals surface area contributed by atoms with Crippen molar-refractivity contribution < 1.29 is 4.39 Å². The molecule has 0 radical (unpaired) electrons. The first-order valence-electron chi connectivity index (χ1n) is 6.17. The van der Waals surface area contributed by atoms with Gasteiger partial charge in [-0.15, -0.1) is 0 Å². The van der Waals surface area contributed by atoms with E-state index in [1.54, 1.807) is 29.0 Å². The second-order valence-electron chi connectivity index (χ2n) is 4.47. The Hall–Kier alpha value is -2.82. The zero-order valence-electron chi connectivity index (χ0n) is 10.4. The van der Waals surface area contributed by atoms with E-state index in [9.17, 15) is 4.39 Å². The molecule has 0 unspecified atom stereocenters. The first-order chi connectivity index (χ1) is 9.83. The Morgan fingerprint density at radius 3 is 2.80 bits per heavy atom. The third-order valence-corrected chi connectivity index (χ3v) is 3.23. The molecular formula is C15H9FN4. The molecule has 0 saturated heterocycles. The lowest BCUT2D eigenvalue weighted by molar-refractivity contribution is 0.587. The van der Waals surface area contributed by atoms with Gasteiger partial charge in [0.25, 0.3) is 0 Å². The molecule has 0 aliphatic heterocycles. The number of halogens is 1. The minimum Gasteiger partial charge on any atom is -0.236 e. The molecule has 3 heterocycles. The summed E-state index contributed by atoms with van der Waals surface area (Å²) in [5.74, 6) is -0.509. The van der Waals surface area contributed by atoms with Crippen LogP contribution in [0.1, 0.15) is 0 Å². The highest BCUT2D eigenvalue weighted by Gasteiger charge is 2.09. The first-order valence-corrected chi connectivity index (χ1v) is 6.17. The second-order valence-corrected chi connectivity index (χ2v) is 4.47. The van der Waals surface area contributed by atoms with Crippen molar-refractivity contribution in [2.45, 2.75) is 0 Å². The van der Waals surface area contributed by atoms with Crippen LogP contribution in [0.5, 0.6) is 0 Å². The summed E-state index contributed by atoms with van der Waals surface area (Å²) in [6.07, 6.45) is 4.83. The Bertz CT molecular complexity index is 929. The monoisotopic (exact) mass is 264 g/mol. The molecule has 0 spiro atoms. The number of hydrogen-bond acceptors (Lipinski definition) is 3. The maximum atomic E-state index is 13.7. The van der Waals surface area contributed by atoms with Gasteiger partial charge < -0.3 is 0 Å². The van der Waals surface area contributed by atoms with Gasteiger partial charge in [0.15, 0.2) is 5.65 Å². The predicted octanol–water partition coefficient (Wildman–Crippen LogP) is 3.08. The summed E-state index contributed by atoms with van der Waals surface area (Å²) in [6, 6.07) is 11.1. The van der Waals surface area contributed by atoms with Crippen LogP contribution in [0.4, 0.5) is 4.39 Å². The molecule has 0 aliphatic rings. The van der Waals surface area contributed by atoms with Crippen LogP contribution >= 0.6 is 0 Å². The third-order valence-electron chi connectivity index (χ3n) is 3.23. The van der Waals surface area contributed by atoms with Gasteiger partial charge in [0.05, 0.1) is 5.52 Å². The predicted molar refractivity (Wildman–Crippen MR) is 73.7 cm³/mol. The quantitative estimate of drug-likeness (QED) is 0.496. The molecule has 4 aromatic rings. The molecular weight excluding hydrogens is 255 g/mol. The summed E-state index contributed by atoms with van der Waals surface area (Å²) in [6.45, 7) is 0. The molecule has 0 fully saturated rings. The molecule has 0 bridgehead atoms. The van der Waals surface area contributed by atoms with Crippen LogP contribution in [0, 0.1) is 5.95 Å². The van der Waals surface area contributed by atoms with Crippen molar-refractivity contribution in [3.8, 4) is 11.1 Å². The Labute approximate surface area is 113 Å². The van der Waals surface area contributed by atoms with Gasteiger partial charge in [-0.1, -0.05) is 12.1 Å². The SMILES string of the molecule is Fc1ncccc1-c1cnc2c3ccccc3nn2c1. The Morgan fingerprint density at radius 1 is 1.00 bits per heavy atom. The van der Waals surface area contributed by atoms with E-state index in [1.165, 1.54) is 6.20 Å². The van der Waals surface area contributed by atoms with Gasteiger partial charge in [-0.2, -0.15) is 9.49 Å². The fourth-order valence-electron chi connectivity index (χ4n) is 2.29. The van der Waals surface area contributed by atoms with Crippen molar-refractivity contribution in [3.63, 3.8) is 0 Å². The van der Waals surface area contributed by atoms with Crippen LogP contribution in [0.3, 0.4) is 0 Å². The van der Waals surface area contributed by atoms with Crippen LogP contribution in [-0.2, 0) is 0 Å². The number of aromatic nitrogens is 4. The van der Waals surface area contributed by atoms with Gasteiger partial charge in [-0.3, -0.25) is 0 Å². The minimum absolute atomic E-state index is 0.418. The molecule has 0 amide bonds. The number of benzene rings is 1. The molecule has 4 nitrogen and oxygen atoms in total. The highest BCUT2D eigenvalue weighted by molar-refractivity contribution is 5.92. The van der Waals surface area contributed by atoms with E-state index in [-0.39, 0.29) is 0 Å².